The van der Waals surface area contributed by atoms with Crippen LogP contribution in [0.15, 0.2) is 84.9 Å². The summed E-state index contributed by atoms with van der Waals surface area (Å²) >= 11 is 0. The van der Waals surface area contributed by atoms with Crippen LogP contribution < -0.4 is 4.74 Å². The summed E-state index contributed by atoms with van der Waals surface area (Å²) in [6, 6.07) is 27.8. The number of ether oxygens (including phenoxy) is 1. The van der Waals surface area contributed by atoms with Crippen LogP contribution in [0.3, 0.4) is 0 Å². The molecule has 0 bridgehead atoms. The van der Waals surface area contributed by atoms with E-state index in [-0.39, 0.29) is 0 Å². The van der Waals surface area contributed by atoms with E-state index in [1.165, 1.54) is 107 Å². The van der Waals surface area contributed by atoms with Gasteiger partial charge in [-0.2, -0.15) is 0 Å². The Kier molecular flexibility index (Phi) is 18.4. The number of benzene rings is 3. The molecule has 0 spiro atoms. The number of unbranched alkanes of at least 4 members (excludes halogenated alkanes) is 15. The van der Waals surface area contributed by atoms with Gasteiger partial charge in [0.1, 0.15) is 11.5 Å². The van der Waals surface area contributed by atoms with Crippen molar-refractivity contribution in [1.29, 1.82) is 0 Å². The van der Waals surface area contributed by atoms with Crippen LogP contribution in [0.4, 0.5) is 0 Å². The zero-order chi connectivity index (χ0) is 26.9. The SMILES string of the molecule is CCCCCCCCCCCCCCCCCCOc1ccc(O)cc1.c1ccc(-c2ccccc2)cc1. The third kappa shape index (κ3) is 16.2. The Hall–Kier alpha value is -2.74. The van der Waals surface area contributed by atoms with Crippen molar-refractivity contribution in [2.45, 2.75) is 110 Å². The molecule has 0 saturated heterocycles. The first kappa shape index (κ1) is 31.5. The van der Waals surface area contributed by atoms with Gasteiger partial charge in [-0.15, -0.1) is 0 Å². The van der Waals surface area contributed by atoms with Gasteiger partial charge in [-0.25, -0.2) is 0 Å². The molecule has 0 saturated carbocycles. The highest BCUT2D eigenvalue weighted by Crippen LogP contribution is 2.18. The molecule has 0 atom stereocenters. The molecule has 0 amide bonds. The molecule has 0 aliphatic carbocycles. The van der Waals surface area contributed by atoms with Crippen LogP contribution in [0.25, 0.3) is 11.1 Å². The van der Waals surface area contributed by atoms with E-state index in [1.54, 1.807) is 12.1 Å². The van der Waals surface area contributed by atoms with Crippen molar-refractivity contribution in [2.24, 2.45) is 0 Å². The number of rotatable bonds is 19. The third-order valence-corrected chi connectivity index (χ3v) is 6.98. The van der Waals surface area contributed by atoms with Gasteiger partial charge in [0, 0.05) is 0 Å². The lowest BCUT2D eigenvalue weighted by molar-refractivity contribution is 0.303. The summed E-state index contributed by atoms with van der Waals surface area (Å²) in [6.45, 7) is 3.07. The molecule has 3 aromatic rings. The van der Waals surface area contributed by atoms with Crippen LogP contribution in [-0.4, -0.2) is 11.7 Å². The normalized spacial score (nSPS) is 10.6. The van der Waals surface area contributed by atoms with E-state index in [0.29, 0.717) is 5.75 Å². The molecule has 38 heavy (non-hydrogen) atoms. The van der Waals surface area contributed by atoms with Crippen LogP contribution in [0.2, 0.25) is 0 Å². The van der Waals surface area contributed by atoms with Crippen LogP contribution >= 0.6 is 0 Å². The van der Waals surface area contributed by atoms with Crippen LogP contribution in [0, 0.1) is 0 Å². The van der Waals surface area contributed by atoms with E-state index >= 15 is 0 Å². The standard InChI is InChI=1S/C24H42O2.C12H10/c1-2-3-4-5-6-7-8-9-10-11-12-13-14-15-16-17-22-26-24-20-18-23(25)19-21-24;1-3-7-11(8-4-1)12-9-5-2-6-10-12/h18-21,25H,2-17,22H2,1H3;1-10H. The summed E-state index contributed by atoms with van der Waals surface area (Å²) in [7, 11) is 0. The Morgan fingerprint density at radius 3 is 1.21 bits per heavy atom. The summed E-state index contributed by atoms with van der Waals surface area (Å²) in [4.78, 5) is 0. The Labute approximate surface area is 233 Å². The van der Waals surface area contributed by atoms with Gasteiger partial charge in [-0.05, 0) is 41.8 Å². The number of hydrogen-bond acceptors (Lipinski definition) is 2. The fraction of sp³-hybridized carbons (Fsp3) is 0.500. The molecule has 0 unspecified atom stereocenters. The molecule has 208 valence electrons. The molecule has 2 heteroatoms. The Morgan fingerprint density at radius 1 is 0.447 bits per heavy atom. The predicted octanol–water partition coefficient (Wildman–Crippen LogP) is 11.4. The molecule has 1 N–H and O–H groups in total. The minimum atomic E-state index is 0.291. The van der Waals surface area contributed by atoms with Gasteiger partial charge in [-0.3, -0.25) is 0 Å². The quantitative estimate of drug-likeness (QED) is 0.161. The van der Waals surface area contributed by atoms with Gasteiger partial charge >= 0.3 is 0 Å². The molecule has 0 radical (unpaired) electrons. The lowest BCUT2D eigenvalue weighted by atomic mass is 10.0. The molecule has 3 rings (SSSR count). The summed E-state index contributed by atoms with van der Waals surface area (Å²) < 4.78 is 5.67. The van der Waals surface area contributed by atoms with Gasteiger partial charge in [0.2, 0.25) is 0 Å². The first-order valence-electron chi connectivity index (χ1n) is 15.3. The second kappa shape index (κ2) is 22.3. The van der Waals surface area contributed by atoms with E-state index in [1.807, 2.05) is 24.3 Å². The van der Waals surface area contributed by atoms with Gasteiger partial charge in [0.05, 0.1) is 6.61 Å². The number of phenolic OH excluding ortho intramolecular Hbond substituents is 1. The maximum Gasteiger partial charge on any atom is 0.119 e. The highest BCUT2D eigenvalue weighted by Gasteiger charge is 1.97. The minimum absolute atomic E-state index is 0.291. The summed E-state index contributed by atoms with van der Waals surface area (Å²) in [5.41, 5.74) is 2.55. The van der Waals surface area contributed by atoms with Crippen molar-refractivity contribution in [3.8, 4) is 22.6 Å². The molecule has 0 aliphatic heterocycles. The summed E-state index contributed by atoms with van der Waals surface area (Å²) in [5.74, 6) is 1.14. The largest absolute Gasteiger partial charge is 0.508 e. The highest BCUT2D eigenvalue weighted by atomic mass is 16.5. The molecule has 0 aliphatic rings. The number of phenols is 1. The zero-order valence-corrected chi connectivity index (χ0v) is 24.0. The molecule has 3 aromatic carbocycles. The summed E-state index contributed by atoms with van der Waals surface area (Å²) in [5, 5.41) is 9.22. The first-order valence-corrected chi connectivity index (χ1v) is 15.3. The van der Waals surface area contributed by atoms with Crippen molar-refractivity contribution >= 4 is 0 Å². The van der Waals surface area contributed by atoms with E-state index in [9.17, 15) is 5.11 Å². The van der Waals surface area contributed by atoms with Gasteiger partial charge in [0.15, 0.2) is 0 Å². The van der Waals surface area contributed by atoms with Gasteiger partial charge in [-0.1, -0.05) is 164 Å². The minimum Gasteiger partial charge on any atom is -0.508 e. The van der Waals surface area contributed by atoms with Crippen molar-refractivity contribution < 1.29 is 9.84 Å². The molecule has 0 aromatic heterocycles. The van der Waals surface area contributed by atoms with Crippen LogP contribution in [0.1, 0.15) is 110 Å². The smallest absolute Gasteiger partial charge is 0.119 e. The lowest BCUT2D eigenvalue weighted by Crippen LogP contribution is -1.96. The van der Waals surface area contributed by atoms with Gasteiger partial charge in [0.25, 0.3) is 0 Å². The van der Waals surface area contributed by atoms with Crippen molar-refractivity contribution in [3.05, 3.63) is 84.9 Å². The molecule has 2 nitrogen and oxygen atoms in total. The molecular weight excluding hydrogens is 464 g/mol. The average molecular weight is 517 g/mol. The van der Waals surface area contributed by atoms with Crippen LogP contribution in [-0.2, 0) is 0 Å². The van der Waals surface area contributed by atoms with Crippen LogP contribution in [0.5, 0.6) is 11.5 Å². The second-order valence-electron chi connectivity index (χ2n) is 10.4. The first-order chi connectivity index (χ1) is 18.8. The Bertz CT molecular complexity index is 852. The topological polar surface area (TPSA) is 29.5 Å². The van der Waals surface area contributed by atoms with Gasteiger partial charge < -0.3 is 9.84 Å². The molecular formula is C36H52O2. The fourth-order valence-electron chi connectivity index (χ4n) is 4.64. The van der Waals surface area contributed by atoms with Crippen molar-refractivity contribution in [3.63, 3.8) is 0 Å². The maximum absolute atomic E-state index is 9.22. The summed E-state index contributed by atoms with van der Waals surface area (Å²) in [6.07, 6.45) is 22.3. The lowest BCUT2D eigenvalue weighted by Gasteiger charge is -2.06. The fourth-order valence-corrected chi connectivity index (χ4v) is 4.64. The van der Waals surface area contributed by atoms with Crippen molar-refractivity contribution in [2.75, 3.05) is 6.61 Å². The predicted molar refractivity (Wildman–Crippen MR) is 165 cm³/mol. The zero-order valence-electron chi connectivity index (χ0n) is 24.0. The van der Waals surface area contributed by atoms with E-state index in [2.05, 4.69) is 55.5 Å². The number of hydrogen-bond donors (Lipinski definition) is 1. The van der Waals surface area contributed by atoms with E-state index < -0.39 is 0 Å². The maximum atomic E-state index is 9.22. The molecule has 0 heterocycles. The van der Waals surface area contributed by atoms with Crippen molar-refractivity contribution in [1.82, 2.24) is 0 Å². The average Bonchev–Trinajstić information content (AvgIpc) is 2.97. The Morgan fingerprint density at radius 2 is 0.816 bits per heavy atom. The van der Waals surface area contributed by atoms with E-state index in [4.69, 9.17) is 4.74 Å². The second-order valence-corrected chi connectivity index (χ2v) is 10.4. The Balaban J connectivity index is 0.000000347. The third-order valence-electron chi connectivity index (χ3n) is 6.98. The number of aromatic hydroxyl groups is 1. The molecule has 0 fully saturated rings. The highest BCUT2D eigenvalue weighted by molar-refractivity contribution is 5.62. The van der Waals surface area contributed by atoms with E-state index in [0.717, 1.165) is 18.8 Å². The monoisotopic (exact) mass is 516 g/mol.